The van der Waals surface area contributed by atoms with Crippen LogP contribution in [-0.4, -0.2) is 28.0 Å². The lowest BCUT2D eigenvalue weighted by molar-refractivity contribution is -0.120. The summed E-state index contributed by atoms with van der Waals surface area (Å²) in [6, 6.07) is 19.2. The van der Waals surface area contributed by atoms with Gasteiger partial charge in [-0.1, -0.05) is 49.4 Å². The molecule has 0 saturated carbocycles. The van der Waals surface area contributed by atoms with Gasteiger partial charge in [0, 0.05) is 0 Å². The largest absolute Gasteiger partial charge is 0.496 e. The second-order valence-corrected chi connectivity index (χ2v) is 10.2. The van der Waals surface area contributed by atoms with Crippen LogP contribution in [0.1, 0.15) is 41.6 Å². The number of hydrogen-bond acceptors (Lipinski definition) is 4. The van der Waals surface area contributed by atoms with E-state index in [9.17, 15) is 13.2 Å². The Morgan fingerprint density at radius 2 is 1.68 bits per heavy atom. The highest BCUT2D eigenvalue weighted by Gasteiger charge is 2.29. The molecule has 34 heavy (non-hydrogen) atoms. The van der Waals surface area contributed by atoms with Gasteiger partial charge in [-0.15, -0.1) is 0 Å². The van der Waals surface area contributed by atoms with Crippen LogP contribution < -0.4 is 14.4 Å². The molecule has 7 heteroatoms. The van der Waals surface area contributed by atoms with E-state index in [0.717, 1.165) is 28.0 Å². The molecule has 1 amide bonds. The van der Waals surface area contributed by atoms with Crippen molar-refractivity contribution in [2.45, 2.75) is 45.1 Å². The summed E-state index contributed by atoms with van der Waals surface area (Å²) in [5.41, 5.74) is 4.17. The molecule has 3 aromatic carbocycles. The number of nitrogens with zero attached hydrogens (tertiary/aromatic N) is 1. The Morgan fingerprint density at radius 3 is 2.29 bits per heavy atom. The van der Waals surface area contributed by atoms with Gasteiger partial charge >= 0.3 is 0 Å². The van der Waals surface area contributed by atoms with Crippen molar-refractivity contribution in [1.82, 2.24) is 5.32 Å². The molecule has 0 radical (unpaired) electrons. The minimum absolute atomic E-state index is 0.140. The number of anilines is 1. The molecule has 0 heterocycles. The first kappa shape index (κ1) is 25.3. The van der Waals surface area contributed by atoms with Crippen LogP contribution in [0.3, 0.4) is 0 Å². The lowest BCUT2D eigenvalue weighted by Gasteiger charge is -2.27. The van der Waals surface area contributed by atoms with E-state index in [-0.39, 0.29) is 23.4 Å². The fraction of sp³-hybridized carbons (Fsp3) is 0.296. The van der Waals surface area contributed by atoms with Crippen molar-refractivity contribution in [2.75, 3.05) is 18.0 Å². The summed E-state index contributed by atoms with van der Waals surface area (Å²) in [5, 5.41) is 3.02. The zero-order chi connectivity index (χ0) is 24.9. The third kappa shape index (κ3) is 5.42. The van der Waals surface area contributed by atoms with Crippen molar-refractivity contribution in [3.63, 3.8) is 0 Å². The van der Waals surface area contributed by atoms with Crippen LogP contribution in [0, 0.1) is 20.8 Å². The van der Waals surface area contributed by atoms with Gasteiger partial charge in [0.1, 0.15) is 12.3 Å². The smallest absolute Gasteiger partial charge is 0.264 e. The Bertz CT molecular complexity index is 1260. The summed E-state index contributed by atoms with van der Waals surface area (Å²) in [7, 11) is -2.33. The summed E-state index contributed by atoms with van der Waals surface area (Å²) in [6.07, 6.45) is 0.659. The molecule has 180 valence electrons. The minimum atomic E-state index is -3.96. The van der Waals surface area contributed by atoms with E-state index < -0.39 is 10.0 Å². The number of amides is 1. The van der Waals surface area contributed by atoms with Gasteiger partial charge in [-0.05, 0) is 73.7 Å². The SMILES string of the molecule is CC[C@H](NC(=O)CN(c1cccc(C)c1C)S(=O)(=O)c1ccccc1)c1ccc(OC)c(C)c1. The zero-order valence-electron chi connectivity index (χ0n) is 20.3. The zero-order valence-corrected chi connectivity index (χ0v) is 21.1. The van der Waals surface area contributed by atoms with E-state index in [2.05, 4.69) is 5.32 Å². The number of methoxy groups -OCH3 is 1. The first-order valence-electron chi connectivity index (χ1n) is 11.3. The summed E-state index contributed by atoms with van der Waals surface area (Å²) in [5.74, 6) is 0.403. The average Bonchev–Trinajstić information content (AvgIpc) is 2.83. The Morgan fingerprint density at radius 1 is 0.971 bits per heavy atom. The molecule has 1 atom stereocenters. The van der Waals surface area contributed by atoms with E-state index in [4.69, 9.17) is 4.74 Å². The third-order valence-corrected chi connectivity index (χ3v) is 7.80. The van der Waals surface area contributed by atoms with E-state index in [1.165, 1.54) is 4.31 Å². The molecule has 0 bridgehead atoms. The molecule has 0 aliphatic rings. The highest BCUT2D eigenvalue weighted by molar-refractivity contribution is 7.92. The fourth-order valence-electron chi connectivity index (χ4n) is 3.93. The second-order valence-electron chi connectivity index (χ2n) is 8.30. The molecule has 6 nitrogen and oxygen atoms in total. The topological polar surface area (TPSA) is 75.7 Å². The first-order chi connectivity index (χ1) is 16.2. The maximum Gasteiger partial charge on any atom is 0.264 e. The van der Waals surface area contributed by atoms with Gasteiger partial charge in [-0.25, -0.2) is 8.42 Å². The van der Waals surface area contributed by atoms with Crippen LogP contribution >= 0.6 is 0 Å². The number of rotatable bonds is 9. The van der Waals surface area contributed by atoms with E-state index >= 15 is 0 Å². The molecule has 0 spiro atoms. The maximum atomic E-state index is 13.6. The van der Waals surface area contributed by atoms with Crippen LogP contribution in [0.4, 0.5) is 5.69 Å². The molecule has 0 unspecified atom stereocenters. The number of sulfonamides is 1. The summed E-state index contributed by atoms with van der Waals surface area (Å²) >= 11 is 0. The van der Waals surface area contributed by atoms with Crippen LogP contribution in [0.5, 0.6) is 5.75 Å². The number of benzene rings is 3. The molecular formula is C27H32N2O4S. The molecule has 3 rings (SSSR count). The predicted molar refractivity (Wildman–Crippen MR) is 136 cm³/mol. The number of hydrogen-bond donors (Lipinski definition) is 1. The standard InChI is InChI=1S/C27H32N2O4S/c1-6-24(22-15-16-26(33-5)20(3)17-22)28-27(30)18-29(25-14-10-11-19(2)21(25)4)34(31,32)23-12-8-7-9-13-23/h7-17,24H,6,18H2,1-5H3,(H,28,30)/t24-/m0/s1. The lowest BCUT2D eigenvalue weighted by atomic mass is 10.0. The number of ether oxygens (including phenoxy) is 1. The Hall–Kier alpha value is -3.32. The average molecular weight is 481 g/mol. The quantitative estimate of drug-likeness (QED) is 0.463. The lowest BCUT2D eigenvalue weighted by Crippen LogP contribution is -2.42. The number of carbonyl (C=O) groups excluding carboxylic acids is 1. The minimum Gasteiger partial charge on any atom is -0.496 e. The van der Waals surface area contributed by atoms with Gasteiger partial charge in [-0.3, -0.25) is 9.10 Å². The monoisotopic (exact) mass is 480 g/mol. The van der Waals surface area contributed by atoms with E-state index in [1.54, 1.807) is 49.6 Å². The molecule has 0 aliphatic heterocycles. The number of aryl methyl sites for hydroxylation is 2. The van der Waals surface area contributed by atoms with Gasteiger partial charge in [0.25, 0.3) is 10.0 Å². The Balaban J connectivity index is 1.94. The van der Waals surface area contributed by atoms with Crippen LogP contribution in [0.25, 0.3) is 0 Å². The van der Waals surface area contributed by atoms with E-state index in [1.807, 2.05) is 52.0 Å². The van der Waals surface area contributed by atoms with Crippen LogP contribution in [-0.2, 0) is 14.8 Å². The van der Waals surface area contributed by atoms with Crippen molar-refractivity contribution in [1.29, 1.82) is 0 Å². The van der Waals surface area contributed by atoms with Crippen molar-refractivity contribution >= 4 is 21.6 Å². The van der Waals surface area contributed by atoms with Crippen molar-refractivity contribution in [3.05, 3.63) is 89.0 Å². The molecule has 0 saturated heterocycles. The molecule has 1 N–H and O–H groups in total. The first-order valence-corrected chi connectivity index (χ1v) is 12.7. The Kier molecular flexibility index (Phi) is 7.99. The summed E-state index contributed by atoms with van der Waals surface area (Å²) < 4.78 is 33.7. The highest BCUT2D eigenvalue weighted by Crippen LogP contribution is 2.29. The van der Waals surface area contributed by atoms with Gasteiger partial charge in [-0.2, -0.15) is 0 Å². The summed E-state index contributed by atoms with van der Waals surface area (Å²) in [6.45, 7) is 7.39. The van der Waals surface area contributed by atoms with Gasteiger partial charge in [0.05, 0.1) is 23.7 Å². The molecule has 3 aromatic rings. The third-order valence-electron chi connectivity index (χ3n) is 6.03. The van der Waals surface area contributed by atoms with Crippen molar-refractivity contribution < 1.29 is 17.9 Å². The highest BCUT2D eigenvalue weighted by atomic mass is 32.2. The maximum absolute atomic E-state index is 13.6. The Labute approximate surface area is 202 Å². The fourth-order valence-corrected chi connectivity index (χ4v) is 5.43. The van der Waals surface area contributed by atoms with Crippen LogP contribution in [0.15, 0.2) is 71.6 Å². The van der Waals surface area contributed by atoms with Gasteiger partial charge in [0.2, 0.25) is 5.91 Å². The van der Waals surface area contributed by atoms with E-state index in [0.29, 0.717) is 12.1 Å². The van der Waals surface area contributed by atoms with Gasteiger partial charge in [0.15, 0.2) is 0 Å². The number of nitrogens with one attached hydrogen (secondary N) is 1. The summed E-state index contributed by atoms with van der Waals surface area (Å²) in [4.78, 5) is 13.4. The molecule has 0 aliphatic carbocycles. The van der Waals surface area contributed by atoms with Crippen LogP contribution in [0.2, 0.25) is 0 Å². The van der Waals surface area contributed by atoms with Crippen molar-refractivity contribution in [3.8, 4) is 5.75 Å². The normalized spacial score (nSPS) is 12.1. The molecular weight excluding hydrogens is 448 g/mol. The molecule has 0 aromatic heterocycles. The number of carbonyl (C=O) groups is 1. The van der Waals surface area contributed by atoms with Crippen molar-refractivity contribution in [2.24, 2.45) is 0 Å². The second kappa shape index (κ2) is 10.7. The predicted octanol–water partition coefficient (Wildman–Crippen LogP) is 5.08. The molecule has 0 fully saturated rings. The van der Waals surface area contributed by atoms with Gasteiger partial charge < -0.3 is 10.1 Å².